The summed E-state index contributed by atoms with van der Waals surface area (Å²) in [7, 11) is 1.54. The summed E-state index contributed by atoms with van der Waals surface area (Å²) in [6.45, 7) is 0.834. The Morgan fingerprint density at radius 1 is 0.815 bits per heavy atom. The van der Waals surface area contributed by atoms with Gasteiger partial charge in [-0.15, -0.1) is 0 Å². The van der Waals surface area contributed by atoms with Crippen molar-refractivity contribution >= 4 is 11.6 Å². The van der Waals surface area contributed by atoms with Crippen molar-refractivity contribution in [2.45, 2.75) is 0 Å². The number of methoxy groups -OCH3 is 1. The Morgan fingerprint density at radius 3 is 2.26 bits per heavy atom. The van der Waals surface area contributed by atoms with Gasteiger partial charge in [0, 0.05) is 11.8 Å². The van der Waals surface area contributed by atoms with Crippen molar-refractivity contribution in [2.75, 3.05) is 25.6 Å². The molecule has 3 aromatic rings. The van der Waals surface area contributed by atoms with Crippen LogP contribution >= 0.6 is 0 Å². The summed E-state index contributed by atoms with van der Waals surface area (Å²) in [4.78, 5) is 12.5. The highest BCUT2D eigenvalue weighted by atomic mass is 16.5. The highest BCUT2D eigenvalue weighted by Crippen LogP contribution is 2.21. The lowest BCUT2D eigenvalue weighted by molar-refractivity contribution is 0.102. The Morgan fingerprint density at radius 2 is 1.48 bits per heavy atom. The van der Waals surface area contributed by atoms with Crippen LogP contribution in [0.25, 0.3) is 0 Å². The van der Waals surface area contributed by atoms with Gasteiger partial charge in [-0.2, -0.15) is 0 Å². The molecule has 0 bridgehead atoms. The molecule has 0 saturated heterocycles. The molecular weight excluding hydrogens is 342 g/mol. The zero-order chi connectivity index (χ0) is 18.9. The number of carbonyl (C=O) groups is 1. The molecule has 0 aliphatic carbocycles. The fourth-order valence-corrected chi connectivity index (χ4v) is 2.53. The smallest absolute Gasteiger partial charge is 0.259 e. The zero-order valence-corrected chi connectivity index (χ0v) is 15.1. The summed E-state index contributed by atoms with van der Waals surface area (Å²) < 4.78 is 16.5. The Kier molecular flexibility index (Phi) is 6.30. The van der Waals surface area contributed by atoms with Crippen molar-refractivity contribution in [3.05, 3.63) is 84.4 Å². The first-order valence-electron chi connectivity index (χ1n) is 8.61. The fraction of sp³-hybridized carbons (Fsp3) is 0.136. The van der Waals surface area contributed by atoms with Gasteiger partial charge >= 0.3 is 0 Å². The van der Waals surface area contributed by atoms with E-state index in [2.05, 4.69) is 5.32 Å². The lowest BCUT2D eigenvalue weighted by Gasteiger charge is -2.11. The first-order valence-corrected chi connectivity index (χ1v) is 8.61. The molecule has 0 aromatic heterocycles. The molecular formula is C22H21NO4. The first-order chi connectivity index (χ1) is 13.3. The largest absolute Gasteiger partial charge is 0.496 e. The number of nitrogens with one attached hydrogen (secondary N) is 1. The predicted molar refractivity (Wildman–Crippen MR) is 105 cm³/mol. The quantitative estimate of drug-likeness (QED) is 0.603. The Hall–Kier alpha value is -3.47. The molecule has 0 heterocycles. The number of anilines is 1. The molecule has 138 valence electrons. The molecule has 5 nitrogen and oxygen atoms in total. The molecule has 3 aromatic carbocycles. The van der Waals surface area contributed by atoms with Crippen LogP contribution in [0.2, 0.25) is 0 Å². The van der Waals surface area contributed by atoms with E-state index in [0.29, 0.717) is 36.0 Å². The lowest BCUT2D eigenvalue weighted by atomic mass is 10.2. The van der Waals surface area contributed by atoms with Crippen LogP contribution in [-0.4, -0.2) is 26.2 Å². The van der Waals surface area contributed by atoms with E-state index < -0.39 is 0 Å². The summed E-state index contributed by atoms with van der Waals surface area (Å²) in [5.74, 6) is 1.75. The van der Waals surface area contributed by atoms with Gasteiger partial charge in [0.25, 0.3) is 5.91 Å². The summed E-state index contributed by atoms with van der Waals surface area (Å²) in [5.41, 5.74) is 1.12. The van der Waals surface area contributed by atoms with Gasteiger partial charge in [0.15, 0.2) is 0 Å². The average molecular weight is 363 g/mol. The van der Waals surface area contributed by atoms with Crippen molar-refractivity contribution in [1.82, 2.24) is 0 Å². The van der Waals surface area contributed by atoms with Crippen LogP contribution in [0.15, 0.2) is 78.9 Å². The summed E-state index contributed by atoms with van der Waals surface area (Å²) in [6, 6.07) is 23.9. The van der Waals surface area contributed by atoms with Crippen LogP contribution in [0.4, 0.5) is 5.69 Å². The zero-order valence-electron chi connectivity index (χ0n) is 15.1. The number of benzene rings is 3. The van der Waals surface area contributed by atoms with E-state index in [-0.39, 0.29) is 5.91 Å². The van der Waals surface area contributed by atoms with Gasteiger partial charge in [0.1, 0.15) is 30.5 Å². The molecule has 27 heavy (non-hydrogen) atoms. The minimum atomic E-state index is -0.239. The van der Waals surface area contributed by atoms with E-state index in [1.807, 2.05) is 48.5 Å². The second-order valence-corrected chi connectivity index (χ2v) is 5.69. The van der Waals surface area contributed by atoms with Gasteiger partial charge in [-0.25, -0.2) is 0 Å². The maximum Gasteiger partial charge on any atom is 0.259 e. The van der Waals surface area contributed by atoms with E-state index in [4.69, 9.17) is 14.2 Å². The standard InChI is InChI=1S/C22H21NO4/c1-25-21-13-6-5-12-20(21)22(24)23-17-8-7-11-19(16-17)27-15-14-26-18-9-3-2-4-10-18/h2-13,16H,14-15H2,1H3,(H,23,24). The minimum Gasteiger partial charge on any atom is -0.496 e. The average Bonchev–Trinajstić information content (AvgIpc) is 2.72. The van der Waals surface area contributed by atoms with Gasteiger partial charge in [-0.05, 0) is 36.4 Å². The van der Waals surface area contributed by atoms with Crippen LogP contribution in [-0.2, 0) is 0 Å². The van der Waals surface area contributed by atoms with E-state index in [9.17, 15) is 4.79 Å². The van der Waals surface area contributed by atoms with E-state index in [1.165, 1.54) is 7.11 Å². The third-order valence-electron chi connectivity index (χ3n) is 3.81. The van der Waals surface area contributed by atoms with Gasteiger partial charge in [-0.3, -0.25) is 4.79 Å². The van der Waals surface area contributed by atoms with Gasteiger partial charge in [-0.1, -0.05) is 36.4 Å². The van der Waals surface area contributed by atoms with Crippen LogP contribution in [0, 0.1) is 0 Å². The second kappa shape index (κ2) is 9.29. The normalized spacial score (nSPS) is 10.1. The Labute approximate surface area is 158 Å². The molecule has 0 fully saturated rings. The van der Waals surface area contributed by atoms with Crippen molar-refractivity contribution in [3.63, 3.8) is 0 Å². The fourth-order valence-electron chi connectivity index (χ4n) is 2.53. The summed E-state index contributed by atoms with van der Waals surface area (Å²) >= 11 is 0. The summed E-state index contributed by atoms with van der Waals surface area (Å²) in [6.07, 6.45) is 0. The third-order valence-corrected chi connectivity index (χ3v) is 3.81. The molecule has 0 atom stereocenters. The first kappa shape index (κ1) is 18.3. The molecule has 3 rings (SSSR count). The Bertz CT molecular complexity index is 880. The van der Waals surface area contributed by atoms with Crippen LogP contribution in [0.3, 0.4) is 0 Å². The lowest BCUT2D eigenvalue weighted by Crippen LogP contribution is -2.13. The number of amides is 1. The molecule has 0 aliphatic heterocycles. The highest BCUT2D eigenvalue weighted by molar-refractivity contribution is 6.06. The van der Waals surface area contributed by atoms with Crippen LogP contribution < -0.4 is 19.5 Å². The molecule has 0 radical (unpaired) electrons. The number of ether oxygens (including phenoxy) is 3. The highest BCUT2D eigenvalue weighted by Gasteiger charge is 2.11. The van der Waals surface area contributed by atoms with E-state index in [0.717, 1.165) is 5.75 Å². The predicted octanol–water partition coefficient (Wildman–Crippen LogP) is 4.41. The molecule has 1 N–H and O–H groups in total. The van der Waals surface area contributed by atoms with Gasteiger partial charge in [0.2, 0.25) is 0 Å². The monoisotopic (exact) mass is 363 g/mol. The topological polar surface area (TPSA) is 56.8 Å². The molecule has 5 heteroatoms. The molecule has 0 aliphatic rings. The molecule has 0 unspecified atom stereocenters. The number of carbonyl (C=O) groups excluding carboxylic acids is 1. The van der Waals surface area contributed by atoms with Crippen LogP contribution in [0.5, 0.6) is 17.2 Å². The van der Waals surface area contributed by atoms with Crippen molar-refractivity contribution in [3.8, 4) is 17.2 Å². The number of hydrogen-bond acceptors (Lipinski definition) is 4. The van der Waals surface area contributed by atoms with Crippen molar-refractivity contribution in [1.29, 1.82) is 0 Å². The molecule has 1 amide bonds. The van der Waals surface area contributed by atoms with Gasteiger partial charge < -0.3 is 19.5 Å². The number of hydrogen-bond donors (Lipinski definition) is 1. The molecule has 0 spiro atoms. The van der Waals surface area contributed by atoms with Crippen LogP contribution in [0.1, 0.15) is 10.4 Å². The number of para-hydroxylation sites is 2. The minimum absolute atomic E-state index is 0.239. The van der Waals surface area contributed by atoms with Gasteiger partial charge in [0.05, 0.1) is 12.7 Å². The number of rotatable bonds is 8. The van der Waals surface area contributed by atoms with E-state index in [1.54, 1.807) is 30.3 Å². The third kappa shape index (κ3) is 5.25. The van der Waals surface area contributed by atoms with Crippen molar-refractivity contribution < 1.29 is 19.0 Å². The Balaban J connectivity index is 1.54. The van der Waals surface area contributed by atoms with Crippen molar-refractivity contribution in [2.24, 2.45) is 0 Å². The summed E-state index contributed by atoms with van der Waals surface area (Å²) in [5, 5.41) is 2.86. The van der Waals surface area contributed by atoms with E-state index >= 15 is 0 Å². The SMILES string of the molecule is COc1ccccc1C(=O)Nc1cccc(OCCOc2ccccc2)c1. The molecule has 0 saturated carbocycles. The maximum atomic E-state index is 12.5. The second-order valence-electron chi connectivity index (χ2n) is 5.69. The maximum absolute atomic E-state index is 12.5.